The lowest BCUT2D eigenvalue weighted by Crippen LogP contribution is -2.26. The Morgan fingerprint density at radius 3 is 2.42 bits per heavy atom. The predicted octanol–water partition coefficient (Wildman–Crippen LogP) is 3.72. The highest BCUT2D eigenvalue weighted by Gasteiger charge is 2.09. The topological polar surface area (TPSA) is 28.4 Å². The van der Waals surface area contributed by atoms with E-state index >= 15 is 0 Å². The molecule has 0 aliphatic carbocycles. The third-order valence-corrected chi connectivity index (χ3v) is 4.40. The summed E-state index contributed by atoms with van der Waals surface area (Å²) in [6.45, 7) is 3.78. The van der Waals surface area contributed by atoms with Crippen LogP contribution in [0.4, 0.5) is 0 Å². The Morgan fingerprint density at radius 2 is 1.84 bits per heavy atom. The Bertz CT molecular complexity index is 509. The maximum atomic E-state index is 4.16. The van der Waals surface area contributed by atoms with Crippen molar-refractivity contribution in [2.75, 3.05) is 0 Å². The van der Waals surface area contributed by atoms with Crippen LogP contribution >= 0.6 is 22.7 Å². The molecule has 1 atom stereocenters. The van der Waals surface area contributed by atoms with Crippen molar-refractivity contribution in [2.24, 2.45) is 0 Å². The van der Waals surface area contributed by atoms with Crippen molar-refractivity contribution < 1.29 is 0 Å². The summed E-state index contributed by atoms with van der Waals surface area (Å²) in [6.07, 6.45) is 0.982. The second kappa shape index (κ2) is 7.95. The number of thiophene rings is 2. The van der Waals surface area contributed by atoms with Gasteiger partial charge in [-0.15, -0.1) is 22.7 Å². The minimum Gasteiger partial charge on any atom is -0.293 e. The molecule has 0 bridgehead atoms. The SMILES string of the molecule is CCC(C#[N+]NCc1cccs1)NCc1cccs1. The average Bonchev–Trinajstić information content (AvgIpc) is 3.11. The van der Waals surface area contributed by atoms with Crippen LogP contribution in [0.25, 0.3) is 4.95 Å². The molecule has 0 aliphatic rings. The molecule has 100 valence electrons. The highest BCUT2D eigenvalue weighted by atomic mass is 32.1. The molecule has 19 heavy (non-hydrogen) atoms. The maximum absolute atomic E-state index is 4.16. The molecular weight excluding hydrogens is 274 g/mol. The first-order chi connectivity index (χ1) is 9.38. The lowest BCUT2D eigenvalue weighted by atomic mass is 10.2. The summed E-state index contributed by atoms with van der Waals surface area (Å²) < 4.78 is 0. The quantitative estimate of drug-likeness (QED) is 0.794. The molecular formula is C14H18N3S2+. The van der Waals surface area contributed by atoms with Crippen LogP contribution < -0.4 is 10.7 Å². The average molecular weight is 292 g/mol. The van der Waals surface area contributed by atoms with Crippen molar-refractivity contribution in [3.63, 3.8) is 0 Å². The smallest absolute Gasteiger partial charge is 0.293 e. The van der Waals surface area contributed by atoms with Crippen LogP contribution in [0.1, 0.15) is 23.1 Å². The molecule has 2 aromatic rings. The van der Waals surface area contributed by atoms with E-state index in [0.29, 0.717) is 0 Å². The summed E-state index contributed by atoms with van der Waals surface area (Å²) in [6, 6.07) is 11.7. The van der Waals surface area contributed by atoms with Gasteiger partial charge in [0.15, 0.2) is 0 Å². The largest absolute Gasteiger partial charge is 0.337 e. The molecule has 0 saturated carbocycles. The molecule has 2 heterocycles. The summed E-state index contributed by atoms with van der Waals surface area (Å²) in [4.78, 5) is 6.79. The minimum atomic E-state index is 0.193. The number of hydrogen-bond acceptors (Lipinski definition) is 4. The Labute approximate surface area is 122 Å². The van der Waals surface area contributed by atoms with Gasteiger partial charge in [0.2, 0.25) is 0 Å². The summed E-state index contributed by atoms with van der Waals surface area (Å²) in [5.41, 5.74) is 3.03. The van der Waals surface area contributed by atoms with Gasteiger partial charge in [-0.2, -0.15) is 0 Å². The van der Waals surface area contributed by atoms with E-state index in [1.165, 1.54) is 9.75 Å². The molecule has 2 aromatic heterocycles. The highest BCUT2D eigenvalue weighted by Crippen LogP contribution is 2.08. The summed E-state index contributed by atoms with van der Waals surface area (Å²) in [5, 5.41) is 7.60. The molecule has 5 heteroatoms. The summed E-state index contributed by atoms with van der Waals surface area (Å²) in [7, 11) is 0. The van der Waals surface area contributed by atoms with Crippen molar-refractivity contribution in [2.45, 2.75) is 32.5 Å². The summed E-state index contributed by atoms with van der Waals surface area (Å²) in [5.74, 6) is 0. The molecule has 0 saturated heterocycles. The normalized spacial score (nSPS) is 11.6. The first-order valence-corrected chi connectivity index (χ1v) is 8.10. The van der Waals surface area contributed by atoms with Crippen LogP contribution in [0.2, 0.25) is 0 Å². The summed E-state index contributed by atoms with van der Waals surface area (Å²) >= 11 is 3.50. The first-order valence-electron chi connectivity index (χ1n) is 6.34. The number of nitrogens with one attached hydrogen (secondary N) is 2. The molecule has 0 fully saturated rings. The van der Waals surface area contributed by atoms with Gasteiger partial charge >= 0.3 is 6.07 Å². The third kappa shape index (κ3) is 5.03. The minimum absolute atomic E-state index is 0.193. The second-order valence-corrected chi connectivity index (χ2v) is 6.14. The van der Waals surface area contributed by atoms with Crippen molar-refractivity contribution >= 4 is 22.7 Å². The molecule has 2 rings (SSSR count). The molecule has 3 nitrogen and oxygen atoms in total. The molecule has 0 aliphatic heterocycles. The predicted molar refractivity (Wildman–Crippen MR) is 83.6 cm³/mol. The van der Waals surface area contributed by atoms with Gasteiger partial charge < -0.3 is 0 Å². The van der Waals surface area contributed by atoms with Gasteiger partial charge in [-0.1, -0.05) is 24.5 Å². The van der Waals surface area contributed by atoms with E-state index < -0.39 is 0 Å². The van der Waals surface area contributed by atoms with Crippen LogP contribution in [0.3, 0.4) is 0 Å². The van der Waals surface area contributed by atoms with E-state index in [1.807, 2.05) is 6.07 Å². The van der Waals surface area contributed by atoms with E-state index in [4.69, 9.17) is 0 Å². The van der Waals surface area contributed by atoms with E-state index in [1.54, 1.807) is 22.7 Å². The fraction of sp³-hybridized carbons (Fsp3) is 0.357. The van der Waals surface area contributed by atoms with E-state index in [-0.39, 0.29) is 6.04 Å². The highest BCUT2D eigenvalue weighted by molar-refractivity contribution is 7.10. The fourth-order valence-corrected chi connectivity index (χ4v) is 2.87. The standard InChI is InChI=1S/C14H18N3S2/c1-2-12(15-10-13-5-3-7-18-13)9-16-17-11-14-6-4-8-19-14/h3-8,12,15,17H,2,10-11H2,1H3/q+1. The molecule has 2 N–H and O–H groups in total. The number of nitrogens with zero attached hydrogens (tertiary/aromatic N) is 1. The second-order valence-electron chi connectivity index (χ2n) is 4.08. The Kier molecular flexibility index (Phi) is 5.89. The molecule has 0 amide bonds. The Hall–Kier alpha value is -1.35. The van der Waals surface area contributed by atoms with Crippen LogP contribution in [0, 0.1) is 6.07 Å². The van der Waals surface area contributed by atoms with Gasteiger partial charge in [-0.25, -0.2) is 0 Å². The maximum Gasteiger partial charge on any atom is 0.337 e. The lowest BCUT2D eigenvalue weighted by Gasteiger charge is -2.03. The van der Waals surface area contributed by atoms with Gasteiger partial charge in [-0.3, -0.25) is 5.32 Å². The number of hydrogen-bond donors (Lipinski definition) is 2. The Morgan fingerprint density at radius 1 is 1.16 bits per heavy atom. The molecule has 0 radical (unpaired) electrons. The van der Waals surface area contributed by atoms with Crippen LogP contribution in [0.15, 0.2) is 35.0 Å². The first kappa shape index (κ1) is 14.1. The van der Waals surface area contributed by atoms with Crippen LogP contribution in [-0.2, 0) is 13.1 Å². The molecule has 1 unspecified atom stereocenters. The van der Waals surface area contributed by atoms with Crippen molar-refractivity contribution in [1.29, 1.82) is 0 Å². The van der Waals surface area contributed by atoms with Crippen molar-refractivity contribution in [3.05, 3.63) is 49.7 Å². The van der Waals surface area contributed by atoms with E-state index in [9.17, 15) is 0 Å². The number of rotatable bonds is 6. The van der Waals surface area contributed by atoms with Gasteiger partial charge in [0.05, 0.1) is 4.95 Å². The Balaban J connectivity index is 1.72. The zero-order chi connectivity index (χ0) is 13.3. The third-order valence-electron chi connectivity index (χ3n) is 2.64. The van der Waals surface area contributed by atoms with Gasteiger partial charge in [-0.05, 0) is 29.3 Å². The van der Waals surface area contributed by atoms with Crippen molar-refractivity contribution in [1.82, 2.24) is 10.7 Å². The van der Waals surface area contributed by atoms with Crippen molar-refractivity contribution in [3.8, 4) is 6.07 Å². The lowest BCUT2D eigenvalue weighted by molar-refractivity contribution is 0.594. The van der Waals surface area contributed by atoms with E-state index in [0.717, 1.165) is 19.5 Å². The van der Waals surface area contributed by atoms with E-state index in [2.05, 4.69) is 57.6 Å². The van der Waals surface area contributed by atoms with Crippen LogP contribution in [0.5, 0.6) is 0 Å². The molecule has 0 spiro atoms. The van der Waals surface area contributed by atoms with Crippen LogP contribution in [-0.4, -0.2) is 6.04 Å². The van der Waals surface area contributed by atoms with Gasteiger partial charge in [0.25, 0.3) is 0 Å². The van der Waals surface area contributed by atoms with Gasteiger partial charge in [0.1, 0.15) is 12.6 Å². The zero-order valence-electron chi connectivity index (χ0n) is 10.9. The fourth-order valence-electron chi connectivity index (χ4n) is 1.57. The van der Waals surface area contributed by atoms with Gasteiger partial charge in [0, 0.05) is 16.3 Å². The zero-order valence-corrected chi connectivity index (χ0v) is 12.6. The molecule has 0 aromatic carbocycles. The monoisotopic (exact) mass is 292 g/mol.